The Morgan fingerprint density at radius 1 is 1.12 bits per heavy atom. The highest BCUT2D eigenvalue weighted by Gasteiger charge is 2.19. The van der Waals surface area contributed by atoms with E-state index in [0.29, 0.717) is 5.56 Å². The van der Waals surface area contributed by atoms with Gasteiger partial charge >= 0.3 is 5.97 Å². The van der Waals surface area contributed by atoms with Crippen LogP contribution in [0, 0.1) is 12.7 Å². The van der Waals surface area contributed by atoms with E-state index in [1.807, 2.05) is 0 Å². The Balaban J connectivity index is 2.04. The molecular weight excluding hydrogens is 380 g/mol. The molecule has 2 aromatic carbocycles. The van der Waals surface area contributed by atoms with Crippen LogP contribution in [0.25, 0.3) is 0 Å². The van der Waals surface area contributed by atoms with Gasteiger partial charge in [0.1, 0.15) is 11.4 Å². The van der Waals surface area contributed by atoms with E-state index in [4.69, 9.17) is 39.5 Å². The van der Waals surface area contributed by atoms with Crippen LogP contribution in [0.4, 0.5) is 10.1 Å². The smallest absolute Gasteiger partial charge is 0.343 e. The van der Waals surface area contributed by atoms with E-state index in [-0.39, 0.29) is 20.8 Å². The van der Waals surface area contributed by atoms with E-state index in [1.165, 1.54) is 12.1 Å². The molecule has 0 saturated heterocycles. The van der Waals surface area contributed by atoms with Crippen LogP contribution in [0.2, 0.25) is 15.1 Å². The monoisotopic (exact) mass is 389 g/mol. The maximum absolute atomic E-state index is 13.6. The number of hydrogen-bond acceptors (Lipinski definition) is 3. The summed E-state index contributed by atoms with van der Waals surface area (Å²) in [6, 6.07) is 7.02. The SMILES string of the molecule is Cc1ccc(Cl)c(NC(=O)COC(=O)c2c(F)cccc2Cl)c1Cl. The maximum atomic E-state index is 13.6. The Morgan fingerprint density at radius 2 is 1.83 bits per heavy atom. The Bertz CT molecular complexity index is 791. The lowest BCUT2D eigenvalue weighted by atomic mass is 10.2. The van der Waals surface area contributed by atoms with Crippen LogP contribution < -0.4 is 5.32 Å². The number of carbonyl (C=O) groups excluding carboxylic acids is 2. The first-order valence-electron chi connectivity index (χ1n) is 6.67. The summed E-state index contributed by atoms with van der Waals surface area (Å²) in [6.45, 7) is 1.10. The molecule has 4 nitrogen and oxygen atoms in total. The Labute approximate surface area is 152 Å². The highest BCUT2D eigenvalue weighted by Crippen LogP contribution is 2.32. The number of ether oxygens (including phenoxy) is 1. The van der Waals surface area contributed by atoms with Gasteiger partial charge < -0.3 is 10.1 Å². The molecule has 0 radical (unpaired) electrons. The lowest BCUT2D eigenvalue weighted by Gasteiger charge is -2.11. The molecule has 24 heavy (non-hydrogen) atoms. The minimum absolute atomic E-state index is 0.106. The van der Waals surface area contributed by atoms with Gasteiger partial charge in [-0.3, -0.25) is 4.79 Å². The third-order valence-electron chi connectivity index (χ3n) is 3.05. The van der Waals surface area contributed by atoms with Gasteiger partial charge in [-0.15, -0.1) is 0 Å². The normalized spacial score (nSPS) is 10.4. The number of nitrogens with one attached hydrogen (secondary N) is 1. The molecule has 0 aliphatic carbocycles. The second kappa shape index (κ2) is 7.83. The molecule has 0 fully saturated rings. The molecule has 2 rings (SSSR count). The molecule has 0 saturated carbocycles. The second-order valence-electron chi connectivity index (χ2n) is 4.77. The summed E-state index contributed by atoms with van der Waals surface area (Å²) in [5.41, 5.74) is 0.494. The number of carbonyl (C=O) groups is 2. The first-order valence-corrected chi connectivity index (χ1v) is 7.80. The van der Waals surface area contributed by atoms with Crippen LogP contribution in [0.15, 0.2) is 30.3 Å². The van der Waals surface area contributed by atoms with Crippen molar-refractivity contribution in [3.05, 3.63) is 62.3 Å². The van der Waals surface area contributed by atoms with Gasteiger partial charge in [0.05, 0.1) is 20.8 Å². The van der Waals surface area contributed by atoms with Crippen LogP contribution in [-0.2, 0) is 9.53 Å². The topological polar surface area (TPSA) is 55.4 Å². The van der Waals surface area contributed by atoms with Gasteiger partial charge in [-0.1, -0.05) is 46.9 Å². The number of benzene rings is 2. The fourth-order valence-corrected chi connectivity index (χ4v) is 2.55. The van der Waals surface area contributed by atoms with Crippen molar-refractivity contribution in [2.45, 2.75) is 6.92 Å². The zero-order valence-corrected chi connectivity index (χ0v) is 14.6. The van der Waals surface area contributed by atoms with Crippen molar-refractivity contribution < 1.29 is 18.7 Å². The molecule has 0 aliphatic rings. The first-order chi connectivity index (χ1) is 11.3. The molecule has 0 spiro atoms. The van der Waals surface area contributed by atoms with Crippen LogP contribution in [0.5, 0.6) is 0 Å². The first kappa shape index (κ1) is 18.5. The largest absolute Gasteiger partial charge is 0.452 e. The fraction of sp³-hybridized carbons (Fsp3) is 0.125. The molecule has 0 aromatic heterocycles. The van der Waals surface area contributed by atoms with Crippen LogP contribution in [0.1, 0.15) is 15.9 Å². The van der Waals surface area contributed by atoms with E-state index in [2.05, 4.69) is 5.32 Å². The van der Waals surface area contributed by atoms with Crippen molar-refractivity contribution in [3.63, 3.8) is 0 Å². The average Bonchev–Trinajstić information content (AvgIpc) is 2.53. The summed E-state index contributed by atoms with van der Waals surface area (Å²) in [6.07, 6.45) is 0. The summed E-state index contributed by atoms with van der Waals surface area (Å²) >= 11 is 17.8. The van der Waals surface area contributed by atoms with Gasteiger partial charge in [0.15, 0.2) is 6.61 Å². The lowest BCUT2D eigenvalue weighted by Crippen LogP contribution is -2.22. The Kier molecular flexibility index (Phi) is 6.04. The quantitative estimate of drug-likeness (QED) is 0.756. The summed E-state index contributed by atoms with van der Waals surface area (Å²) in [5, 5.41) is 2.86. The van der Waals surface area contributed by atoms with E-state index >= 15 is 0 Å². The zero-order chi connectivity index (χ0) is 17.9. The van der Waals surface area contributed by atoms with Crippen LogP contribution in [-0.4, -0.2) is 18.5 Å². The number of halogens is 4. The second-order valence-corrected chi connectivity index (χ2v) is 5.97. The molecule has 0 heterocycles. The molecule has 0 atom stereocenters. The third kappa shape index (κ3) is 4.17. The van der Waals surface area contributed by atoms with Crippen molar-refractivity contribution >= 4 is 52.4 Å². The molecule has 2 aromatic rings. The molecule has 0 aliphatic heterocycles. The number of hydrogen-bond donors (Lipinski definition) is 1. The number of aryl methyl sites for hydroxylation is 1. The Hall–Kier alpha value is -1.82. The minimum Gasteiger partial charge on any atom is -0.452 e. The zero-order valence-electron chi connectivity index (χ0n) is 12.3. The molecule has 0 unspecified atom stereocenters. The molecule has 1 amide bonds. The van der Waals surface area contributed by atoms with E-state index in [9.17, 15) is 14.0 Å². The van der Waals surface area contributed by atoms with Gasteiger partial charge in [-0.05, 0) is 30.7 Å². The molecule has 126 valence electrons. The summed E-state index contributed by atoms with van der Waals surface area (Å²) in [5.74, 6) is -2.56. The van der Waals surface area contributed by atoms with Crippen molar-refractivity contribution in [1.82, 2.24) is 0 Å². The van der Waals surface area contributed by atoms with Gasteiger partial charge in [0, 0.05) is 0 Å². The highest BCUT2D eigenvalue weighted by atomic mass is 35.5. The predicted molar refractivity (Wildman–Crippen MR) is 91.5 cm³/mol. The number of rotatable bonds is 4. The van der Waals surface area contributed by atoms with Gasteiger partial charge in [0.25, 0.3) is 5.91 Å². The van der Waals surface area contributed by atoms with Crippen molar-refractivity contribution in [2.24, 2.45) is 0 Å². The van der Waals surface area contributed by atoms with E-state index in [1.54, 1.807) is 19.1 Å². The van der Waals surface area contributed by atoms with Crippen molar-refractivity contribution in [1.29, 1.82) is 0 Å². The molecule has 0 bridgehead atoms. The summed E-state index contributed by atoms with van der Waals surface area (Å²) in [7, 11) is 0. The minimum atomic E-state index is -1.05. The van der Waals surface area contributed by atoms with E-state index in [0.717, 1.165) is 6.07 Å². The standard InChI is InChI=1S/C16H11Cl3FNO3/c1-8-5-6-10(18)15(14(8)19)21-12(22)7-24-16(23)13-9(17)3-2-4-11(13)20/h2-6H,7H2,1H3,(H,21,22). The highest BCUT2D eigenvalue weighted by molar-refractivity contribution is 6.40. The van der Waals surface area contributed by atoms with Crippen molar-refractivity contribution in [3.8, 4) is 0 Å². The average molecular weight is 391 g/mol. The summed E-state index contributed by atoms with van der Waals surface area (Å²) < 4.78 is 18.4. The summed E-state index contributed by atoms with van der Waals surface area (Å²) in [4.78, 5) is 23.8. The molecule has 1 N–H and O–H groups in total. The van der Waals surface area contributed by atoms with Gasteiger partial charge in [-0.2, -0.15) is 0 Å². The van der Waals surface area contributed by atoms with E-state index < -0.39 is 29.9 Å². The molecule has 8 heteroatoms. The predicted octanol–water partition coefficient (Wildman–Crippen LogP) is 4.89. The lowest BCUT2D eigenvalue weighted by molar-refractivity contribution is -0.119. The molecular formula is C16H11Cl3FNO3. The van der Waals surface area contributed by atoms with Crippen molar-refractivity contribution in [2.75, 3.05) is 11.9 Å². The number of anilines is 1. The van der Waals surface area contributed by atoms with Gasteiger partial charge in [0.2, 0.25) is 0 Å². The number of amides is 1. The maximum Gasteiger partial charge on any atom is 0.343 e. The van der Waals surface area contributed by atoms with Crippen LogP contribution >= 0.6 is 34.8 Å². The Morgan fingerprint density at radius 3 is 2.50 bits per heavy atom. The third-order valence-corrected chi connectivity index (χ3v) is 4.17. The fourth-order valence-electron chi connectivity index (χ4n) is 1.84. The number of esters is 1. The van der Waals surface area contributed by atoms with Gasteiger partial charge in [-0.25, -0.2) is 9.18 Å². The van der Waals surface area contributed by atoms with Crippen LogP contribution in [0.3, 0.4) is 0 Å².